The molecule has 0 spiro atoms. The molecule has 192 valence electrons. The highest BCUT2D eigenvalue weighted by molar-refractivity contribution is 7.49. The fourth-order valence-corrected chi connectivity index (χ4v) is 5.04. The van der Waals surface area contributed by atoms with Gasteiger partial charge in [-0.2, -0.15) is 0 Å². The first-order valence-electron chi connectivity index (χ1n) is 11.9. The van der Waals surface area contributed by atoms with Gasteiger partial charge in [-0.1, -0.05) is 66.7 Å². The molecule has 0 aromatic heterocycles. The van der Waals surface area contributed by atoms with Crippen molar-refractivity contribution in [2.24, 2.45) is 0 Å². The van der Waals surface area contributed by atoms with E-state index in [1.165, 1.54) is 13.8 Å². The quantitative estimate of drug-likeness (QED) is 0.147. The second-order valence-electron chi connectivity index (χ2n) is 9.11. The van der Waals surface area contributed by atoms with Crippen LogP contribution in [0.5, 0.6) is 11.5 Å². The first-order valence-corrected chi connectivity index (χ1v) is 13.3. The second-order valence-corrected chi connectivity index (χ2v) is 10.6. The molecule has 0 unspecified atom stereocenters. The van der Waals surface area contributed by atoms with Gasteiger partial charge in [0.2, 0.25) is 5.54 Å². The predicted octanol–water partition coefficient (Wildman–Crippen LogP) is 6.65. The Morgan fingerprint density at radius 2 is 1.33 bits per heavy atom. The zero-order chi connectivity index (χ0) is 26.0. The van der Waals surface area contributed by atoms with Crippen molar-refractivity contribution in [1.82, 2.24) is 5.32 Å². The Kier molecular flexibility index (Phi) is 9.65. The van der Waals surface area contributed by atoms with Gasteiger partial charge in [-0.15, -0.1) is 0 Å². The van der Waals surface area contributed by atoms with E-state index in [0.717, 1.165) is 5.56 Å². The highest BCUT2D eigenvalue weighted by Gasteiger charge is 2.48. The van der Waals surface area contributed by atoms with E-state index in [2.05, 4.69) is 5.32 Å². The molecule has 36 heavy (non-hydrogen) atoms. The van der Waals surface area contributed by atoms with E-state index in [1.54, 1.807) is 60.7 Å². The fraction of sp³-hybridized carbons (Fsp3) is 0.333. The van der Waals surface area contributed by atoms with Crippen LogP contribution < -0.4 is 14.4 Å². The van der Waals surface area contributed by atoms with Gasteiger partial charge in [-0.3, -0.25) is 14.6 Å². The molecule has 0 aliphatic heterocycles. The van der Waals surface area contributed by atoms with Crippen LogP contribution in [0.3, 0.4) is 0 Å². The Balaban J connectivity index is 1.77. The summed E-state index contributed by atoms with van der Waals surface area (Å²) in [6, 6.07) is 26.9. The van der Waals surface area contributed by atoms with Crippen molar-refractivity contribution in [1.29, 1.82) is 0 Å². The minimum atomic E-state index is -4.30. The largest absolute Gasteiger partial charge is 0.588 e. The first-order chi connectivity index (χ1) is 17.2. The number of phosphoric ester groups is 1. The summed E-state index contributed by atoms with van der Waals surface area (Å²) >= 11 is 0. The van der Waals surface area contributed by atoms with Crippen LogP contribution in [0.2, 0.25) is 0 Å². The summed E-state index contributed by atoms with van der Waals surface area (Å²) in [5.41, 5.74) is -0.408. The van der Waals surface area contributed by atoms with Gasteiger partial charge in [0.1, 0.15) is 17.6 Å². The second kappa shape index (κ2) is 12.7. The lowest BCUT2D eigenvalue weighted by Gasteiger charge is -2.30. The van der Waals surface area contributed by atoms with Crippen LogP contribution in [-0.4, -0.2) is 22.6 Å². The Labute approximate surface area is 212 Å². The monoisotopic (exact) mass is 512 g/mol. The average Bonchev–Trinajstić information content (AvgIpc) is 2.87. The van der Waals surface area contributed by atoms with E-state index in [4.69, 9.17) is 13.6 Å². The van der Waals surface area contributed by atoms with Crippen molar-refractivity contribution in [2.45, 2.75) is 57.8 Å². The molecule has 3 rings (SSSR count). The van der Waals surface area contributed by atoms with Crippen LogP contribution >= 0.6 is 7.82 Å². The molecule has 0 amide bonds. The van der Waals surface area contributed by atoms with Crippen molar-refractivity contribution in [3.8, 4) is 11.5 Å². The van der Waals surface area contributed by atoms with Gasteiger partial charge in [-0.05, 0) is 49.6 Å². The number of nitrogens with one attached hydrogen (secondary N) is 1. The minimum absolute atomic E-state index is 0.0309. The van der Waals surface area contributed by atoms with Crippen LogP contribution in [0, 0.1) is 10.1 Å². The molecule has 0 bridgehead atoms. The summed E-state index contributed by atoms with van der Waals surface area (Å²) in [7, 11) is -4.30. The number of benzene rings is 3. The summed E-state index contributed by atoms with van der Waals surface area (Å²) in [4.78, 5) is 11.5. The molecule has 1 N–H and O–H groups in total. The smallest absolute Gasteiger partial charge is 0.395 e. The SMILES string of the molecule is C[C@@H](CC[C@@H](OP(=O)(Oc1ccccc1)Oc1ccccc1)C(C)(C)[N+](=O)[O-])NCc1ccccc1. The van der Waals surface area contributed by atoms with Crippen molar-refractivity contribution in [2.75, 3.05) is 0 Å². The van der Waals surface area contributed by atoms with Gasteiger partial charge in [0.25, 0.3) is 0 Å². The Morgan fingerprint density at radius 1 is 0.861 bits per heavy atom. The lowest BCUT2D eigenvalue weighted by atomic mass is 9.93. The van der Waals surface area contributed by atoms with Gasteiger partial charge >= 0.3 is 7.82 Å². The third-order valence-corrected chi connectivity index (χ3v) is 7.18. The zero-order valence-electron chi connectivity index (χ0n) is 20.8. The fourth-order valence-electron chi connectivity index (χ4n) is 3.48. The molecule has 0 fully saturated rings. The van der Waals surface area contributed by atoms with Crippen LogP contribution in [0.1, 0.15) is 39.2 Å². The van der Waals surface area contributed by atoms with Gasteiger partial charge in [0.15, 0.2) is 0 Å². The molecule has 0 saturated heterocycles. The number of nitro groups is 1. The molecule has 0 aliphatic rings. The normalized spacial score (nSPS) is 13.5. The molecule has 3 aromatic carbocycles. The standard InChI is InChI=1S/C27H33N2O6P/c1-22(28-21-23-13-7-4-8-14-23)19-20-26(27(2,3)29(30)31)35-36(32,33-24-15-9-5-10-16-24)34-25-17-11-6-12-18-25/h4-18,22,26,28H,19-21H2,1-3H3/t22-,26+/m0/s1. The predicted molar refractivity (Wildman–Crippen MR) is 140 cm³/mol. The summed E-state index contributed by atoms with van der Waals surface area (Å²) in [5, 5.41) is 15.4. The molecule has 2 atom stereocenters. The van der Waals surface area contributed by atoms with Crippen molar-refractivity contribution < 1.29 is 23.1 Å². The summed E-state index contributed by atoms with van der Waals surface area (Å²) in [6.07, 6.45) is -0.241. The number of nitrogens with zero attached hydrogens (tertiary/aromatic N) is 1. The van der Waals surface area contributed by atoms with Gasteiger partial charge in [0, 0.05) is 31.4 Å². The highest BCUT2D eigenvalue weighted by Crippen LogP contribution is 2.52. The summed E-state index contributed by atoms with van der Waals surface area (Å²) in [5.74, 6) is 0.541. The summed E-state index contributed by atoms with van der Waals surface area (Å²) in [6.45, 7) is 5.57. The maximum Gasteiger partial charge on any atom is 0.588 e. The minimum Gasteiger partial charge on any atom is -0.395 e. The molecule has 0 radical (unpaired) electrons. The zero-order valence-corrected chi connectivity index (χ0v) is 21.7. The number of hydrogen-bond acceptors (Lipinski definition) is 7. The lowest BCUT2D eigenvalue weighted by Crippen LogP contribution is -2.46. The number of hydrogen-bond donors (Lipinski definition) is 1. The topological polar surface area (TPSA) is 99.9 Å². The first kappa shape index (κ1) is 27.4. The number of para-hydroxylation sites is 2. The molecule has 9 heteroatoms. The Bertz CT molecular complexity index is 1080. The van der Waals surface area contributed by atoms with Crippen LogP contribution in [0.4, 0.5) is 0 Å². The lowest BCUT2D eigenvalue weighted by molar-refractivity contribution is -0.572. The number of phosphoric acid groups is 1. The van der Waals surface area contributed by atoms with E-state index < -0.39 is 24.4 Å². The van der Waals surface area contributed by atoms with Gasteiger partial charge < -0.3 is 14.4 Å². The third kappa shape index (κ3) is 8.19. The van der Waals surface area contributed by atoms with Crippen molar-refractivity contribution >= 4 is 7.82 Å². The maximum absolute atomic E-state index is 13.9. The van der Waals surface area contributed by atoms with Crippen molar-refractivity contribution in [3.05, 3.63) is 107 Å². The van der Waals surface area contributed by atoms with Crippen LogP contribution in [0.25, 0.3) is 0 Å². The van der Waals surface area contributed by atoms with E-state index in [1.807, 2.05) is 37.3 Å². The molecular weight excluding hydrogens is 479 g/mol. The van der Waals surface area contributed by atoms with E-state index in [-0.39, 0.29) is 24.0 Å². The Morgan fingerprint density at radius 3 is 1.81 bits per heavy atom. The average molecular weight is 513 g/mol. The van der Waals surface area contributed by atoms with Gasteiger partial charge in [0.05, 0.1) is 0 Å². The molecule has 3 aromatic rings. The van der Waals surface area contributed by atoms with E-state index in [0.29, 0.717) is 13.0 Å². The molecule has 0 aliphatic carbocycles. The van der Waals surface area contributed by atoms with Crippen LogP contribution in [-0.2, 0) is 15.6 Å². The third-order valence-electron chi connectivity index (χ3n) is 5.80. The van der Waals surface area contributed by atoms with Crippen molar-refractivity contribution in [3.63, 3.8) is 0 Å². The maximum atomic E-state index is 13.9. The molecular formula is C27H33N2O6P. The Hall–Kier alpha value is -3.19. The van der Waals surface area contributed by atoms with E-state index in [9.17, 15) is 14.7 Å². The highest BCUT2D eigenvalue weighted by atomic mass is 31.2. The van der Waals surface area contributed by atoms with Crippen LogP contribution in [0.15, 0.2) is 91.0 Å². The summed E-state index contributed by atoms with van der Waals surface area (Å²) < 4.78 is 31.2. The molecule has 0 saturated carbocycles. The molecule has 0 heterocycles. The van der Waals surface area contributed by atoms with Gasteiger partial charge in [-0.25, -0.2) is 4.57 Å². The number of rotatable bonds is 14. The molecule has 8 nitrogen and oxygen atoms in total. The van der Waals surface area contributed by atoms with E-state index >= 15 is 0 Å².